The average Bonchev–Trinajstić information content (AvgIpc) is 2.03. The van der Waals surface area contributed by atoms with Crippen molar-refractivity contribution in [2.75, 3.05) is 0 Å². The van der Waals surface area contributed by atoms with E-state index in [1.807, 2.05) is 24.3 Å². The number of halogens is 2. The standard InChI is InChI=1S/C10H11ClIN/c1-2-3-10(13)7-4-8(11)6-9(12)5-7/h2,4-6,10H,1,3,13H2. The van der Waals surface area contributed by atoms with Crippen molar-refractivity contribution in [1.82, 2.24) is 0 Å². The smallest absolute Gasteiger partial charge is 0.0419 e. The van der Waals surface area contributed by atoms with E-state index in [1.54, 1.807) is 0 Å². The number of hydrogen-bond donors (Lipinski definition) is 1. The lowest BCUT2D eigenvalue weighted by Gasteiger charge is -2.10. The Hall–Kier alpha value is -0.0600. The van der Waals surface area contributed by atoms with Gasteiger partial charge in [-0.15, -0.1) is 6.58 Å². The minimum Gasteiger partial charge on any atom is -0.324 e. The van der Waals surface area contributed by atoms with Crippen molar-refractivity contribution in [1.29, 1.82) is 0 Å². The highest BCUT2D eigenvalue weighted by Crippen LogP contribution is 2.22. The van der Waals surface area contributed by atoms with Gasteiger partial charge in [-0.05, 0) is 52.8 Å². The first-order valence-electron chi connectivity index (χ1n) is 3.96. The largest absolute Gasteiger partial charge is 0.324 e. The molecule has 3 heteroatoms. The zero-order valence-corrected chi connectivity index (χ0v) is 10.0. The van der Waals surface area contributed by atoms with Gasteiger partial charge in [0.1, 0.15) is 0 Å². The maximum Gasteiger partial charge on any atom is 0.0419 e. The summed E-state index contributed by atoms with van der Waals surface area (Å²) in [7, 11) is 0. The Kier molecular flexibility index (Phi) is 4.22. The van der Waals surface area contributed by atoms with Crippen LogP contribution < -0.4 is 5.73 Å². The highest BCUT2D eigenvalue weighted by Gasteiger charge is 2.05. The molecule has 0 aliphatic rings. The predicted octanol–water partition coefficient (Wildman–Crippen LogP) is 3.52. The Bertz CT molecular complexity index is 292. The Morgan fingerprint density at radius 1 is 1.54 bits per heavy atom. The fourth-order valence-electron chi connectivity index (χ4n) is 1.10. The van der Waals surface area contributed by atoms with E-state index < -0.39 is 0 Å². The van der Waals surface area contributed by atoms with Gasteiger partial charge in [0.2, 0.25) is 0 Å². The molecule has 13 heavy (non-hydrogen) atoms. The molecule has 0 radical (unpaired) electrons. The maximum absolute atomic E-state index is 5.91. The van der Waals surface area contributed by atoms with Crippen molar-refractivity contribution in [3.05, 3.63) is 45.0 Å². The zero-order chi connectivity index (χ0) is 9.84. The highest BCUT2D eigenvalue weighted by molar-refractivity contribution is 14.1. The van der Waals surface area contributed by atoms with Crippen molar-refractivity contribution in [2.45, 2.75) is 12.5 Å². The number of rotatable bonds is 3. The van der Waals surface area contributed by atoms with Crippen LogP contribution >= 0.6 is 34.2 Å². The van der Waals surface area contributed by atoms with E-state index >= 15 is 0 Å². The van der Waals surface area contributed by atoms with Crippen molar-refractivity contribution in [3.63, 3.8) is 0 Å². The third kappa shape index (κ3) is 3.29. The van der Waals surface area contributed by atoms with E-state index in [9.17, 15) is 0 Å². The molecular formula is C10H11ClIN. The monoisotopic (exact) mass is 307 g/mol. The fraction of sp³-hybridized carbons (Fsp3) is 0.200. The molecule has 2 N–H and O–H groups in total. The summed E-state index contributed by atoms with van der Waals surface area (Å²) < 4.78 is 1.11. The van der Waals surface area contributed by atoms with Crippen LogP contribution in [0.1, 0.15) is 18.0 Å². The van der Waals surface area contributed by atoms with Gasteiger partial charge in [0.25, 0.3) is 0 Å². The van der Waals surface area contributed by atoms with Gasteiger partial charge in [-0.2, -0.15) is 0 Å². The third-order valence-corrected chi connectivity index (χ3v) is 2.57. The van der Waals surface area contributed by atoms with Gasteiger partial charge < -0.3 is 5.73 Å². The lowest BCUT2D eigenvalue weighted by molar-refractivity contribution is 0.741. The Morgan fingerprint density at radius 2 is 2.23 bits per heavy atom. The summed E-state index contributed by atoms with van der Waals surface area (Å²) in [5.74, 6) is 0. The van der Waals surface area contributed by atoms with Gasteiger partial charge >= 0.3 is 0 Å². The molecule has 1 unspecified atom stereocenters. The second-order valence-electron chi connectivity index (χ2n) is 2.83. The second kappa shape index (κ2) is 4.98. The van der Waals surface area contributed by atoms with Crippen LogP contribution in [0, 0.1) is 3.57 Å². The van der Waals surface area contributed by atoms with Gasteiger partial charge in [0.15, 0.2) is 0 Å². The van der Waals surface area contributed by atoms with Gasteiger partial charge in [-0.25, -0.2) is 0 Å². The quantitative estimate of drug-likeness (QED) is 0.671. The van der Waals surface area contributed by atoms with Gasteiger partial charge in [-0.3, -0.25) is 0 Å². The molecule has 0 bridgehead atoms. The van der Waals surface area contributed by atoms with Gasteiger partial charge in [-0.1, -0.05) is 17.7 Å². The number of nitrogens with two attached hydrogens (primary N) is 1. The van der Waals surface area contributed by atoms with E-state index in [1.165, 1.54) is 0 Å². The summed E-state index contributed by atoms with van der Waals surface area (Å²) in [6.07, 6.45) is 2.59. The van der Waals surface area contributed by atoms with Crippen LogP contribution in [0.4, 0.5) is 0 Å². The van der Waals surface area contributed by atoms with Crippen LogP contribution in [0.2, 0.25) is 5.02 Å². The van der Waals surface area contributed by atoms with Crippen molar-refractivity contribution < 1.29 is 0 Å². The molecule has 0 aliphatic carbocycles. The van der Waals surface area contributed by atoms with Crippen molar-refractivity contribution in [3.8, 4) is 0 Å². The highest BCUT2D eigenvalue weighted by atomic mass is 127. The second-order valence-corrected chi connectivity index (χ2v) is 4.52. The molecule has 70 valence electrons. The van der Waals surface area contributed by atoms with E-state index in [-0.39, 0.29) is 6.04 Å². The summed E-state index contributed by atoms with van der Waals surface area (Å²) in [6.45, 7) is 3.66. The summed E-state index contributed by atoms with van der Waals surface area (Å²) >= 11 is 8.14. The van der Waals surface area contributed by atoms with E-state index in [0.717, 1.165) is 20.6 Å². The van der Waals surface area contributed by atoms with Gasteiger partial charge in [0, 0.05) is 14.6 Å². The molecule has 1 atom stereocenters. The molecule has 0 aliphatic heterocycles. The molecule has 0 fully saturated rings. The molecular weight excluding hydrogens is 296 g/mol. The summed E-state index contributed by atoms with van der Waals surface area (Å²) in [5, 5.41) is 0.737. The van der Waals surface area contributed by atoms with Crippen LogP contribution in [0.3, 0.4) is 0 Å². The lowest BCUT2D eigenvalue weighted by Crippen LogP contribution is -2.09. The topological polar surface area (TPSA) is 26.0 Å². The normalized spacial score (nSPS) is 12.5. The molecule has 1 aromatic rings. The summed E-state index contributed by atoms with van der Waals surface area (Å²) in [5.41, 5.74) is 6.98. The first-order valence-corrected chi connectivity index (χ1v) is 5.41. The van der Waals surface area contributed by atoms with Crippen LogP contribution in [0.15, 0.2) is 30.9 Å². The van der Waals surface area contributed by atoms with Crippen LogP contribution in [-0.2, 0) is 0 Å². The van der Waals surface area contributed by atoms with E-state index in [4.69, 9.17) is 17.3 Å². The predicted molar refractivity (Wildman–Crippen MR) is 65.9 cm³/mol. The molecule has 0 amide bonds. The first kappa shape index (κ1) is 11.0. The number of benzene rings is 1. The van der Waals surface area contributed by atoms with Crippen molar-refractivity contribution in [2.24, 2.45) is 5.73 Å². The van der Waals surface area contributed by atoms with Crippen LogP contribution in [0.5, 0.6) is 0 Å². The Morgan fingerprint density at radius 3 is 2.77 bits per heavy atom. The van der Waals surface area contributed by atoms with Crippen LogP contribution in [0.25, 0.3) is 0 Å². The minimum absolute atomic E-state index is 0.00437. The number of hydrogen-bond acceptors (Lipinski definition) is 1. The summed E-state index contributed by atoms with van der Waals surface area (Å²) in [6, 6.07) is 5.86. The molecule has 0 saturated heterocycles. The minimum atomic E-state index is 0.00437. The van der Waals surface area contributed by atoms with Crippen LogP contribution in [-0.4, -0.2) is 0 Å². The van der Waals surface area contributed by atoms with E-state index in [0.29, 0.717) is 0 Å². The van der Waals surface area contributed by atoms with Crippen molar-refractivity contribution >= 4 is 34.2 Å². The maximum atomic E-state index is 5.91. The molecule has 0 aromatic heterocycles. The molecule has 0 saturated carbocycles. The Balaban J connectivity index is 2.93. The molecule has 0 spiro atoms. The molecule has 0 heterocycles. The van der Waals surface area contributed by atoms with E-state index in [2.05, 4.69) is 29.2 Å². The SMILES string of the molecule is C=CCC(N)c1cc(Cl)cc(I)c1. The van der Waals surface area contributed by atoms with Gasteiger partial charge in [0.05, 0.1) is 0 Å². The average molecular weight is 308 g/mol. The molecule has 1 aromatic carbocycles. The fourth-order valence-corrected chi connectivity index (χ4v) is 2.23. The molecule has 1 nitrogen and oxygen atoms in total. The Labute approximate surface area is 97.1 Å². The third-order valence-electron chi connectivity index (χ3n) is 1.73. The zero-order valence-electron chi connectivity index (χ0n) is 7.13. The summed E-state index contributed by atoms with van der Waals surface area (Å²) in [4.78, 5) is 0. The molecule has 1 rings (SSSR count). The first-order chi connectivity index (χ1) is 6.13. The lowest BCUT2D eigenvalue weighted by atomic mass is 10.1.